The summed E-state index contributed by atoms with van der Waals surface area (Å²) in [5.74, 6) is -4.52. The third-order valence-electron chi connectivity index (χ3n) is 5.93. The number of likely N-dealkylation sites (tertiary alicyclic amines) is 1. The van der Waals surface area contributed by atoms with E-state index in [1.165, 1.54) is 55.1 Å². The van der Waals surface area contributed by atoms with Crippen molar-refractivity contribution in [1.29, 1.82) is 0 Å². The van der Waals surface area contributed by atoms with E-state index in [-0.39, 0.29) is 0 Å². The van der Waals surface area contributed by atoms with Crippen molar-refractivity contribution in [2.75, 3.05) is 32.8 Å². The van der Waals surface area contributed by atoms with Crippen LogP contribution in [0.4, 0.5) is 26.3 Å². The van der Waals surface area contributed by atoms with Crippen LogP contribution in [0.25, 0.3) is 0 Å². The molecular formula is C22H30F6N2O5S. The van der Waals surface area contributed by atoms with E-state index >= 15 is 0 Å². The summed E-state index contributed by atoms with van der Waals surface area (Å²) in [6.07, 6.45) is -4.29. The van der Waals surface area contributed by atoms with Gasteiger partial charge in [-0.2, -0.15) is 26.3 Å². The molecule has 3 aliphatic rings. The fourth-order valence-corrected chi connectivity index (χ4v) is 4.95. The number of aliphatic carboxylic acids is 2. The molecule has 0 radical (unpaired) electrons. The van der Waals surface area contributed by atoms with Gasteiger partial charge in [0.25, 0.3) is 0 Å². The predicted molar refractivity (Wildman–Crippen MR) is 119 cm³/mol. The maximum atomic E-state index is 10.6. The lowest BCUT2D eigenvalue weighted by Gasteiger charge is -2.40. The largest absolute Gasteiger partial charge is 0.490 e. The highest BCUT2D eigenvalue weighted by Gasteiger charge is 2.39. The number of alkyl halides is 6. The number of carboxylic acid groups (broad SMARTS) is 2. The van der Waals surface area contributed by atoms with Crippen LogP contribution >= 0.6 is 11.3 Å². The number of hydrogen-bond acceptors (Lipinski definition) is 6. The normalized spacial score (nSPS) is 23.3. The Morgan fingerprint density at radius 3 is 2.00 bits per heavy atom. The van der Waals surface area contributed by atoms with E-state index in [1.54, 1.807) is 0 Å². The van der Waals surface area contributed by atoms with Crippen molar-refractivity contribution >= 4 is 23.3 Å². The zero-order valence-corrected chi connectivity index (χ0v) is 20.5. The standard InChI is InChI=1S/C18H28N2OS.2C2HF3O2/c1-14-2-5-16(22-14)13-19-8-6-17-18(7-9-19)21-11-10-20(17)12-15-3-4-15;2*3-2(4,5)1(6)7/h2,5,15,17-18H,3-4,6-13H2,1H3;2*(H,6,7). The van der Waals surface area contributed by atoms with Crippen LogP contribution in [0.3, 0.4) is 0 Å². The molecule has 206 valence electrons. The van der Waals surface area contributed by atoms with Gasteiger partial charge in [0.2, 0.25) is 0 Å². The number of carboxylic acids is 2. The van der Waals surface area contributed by atoms with Crippen LogP contribution in [-0.2, 0) is 20.9 Å². The van der Waals surface area contributed by atoms with Crippen molar-refractivity contribution in [3.8, 4) is 0 Å². The first kappa shape index (κ1) is 30.3. The second-order valence-electron chi connectivity index (χ2n) is 8.89. The van der Waals surface area contributed by atoms with Crippen molar-refractivity contribution in [2.45, 2.75) is 63.7 Å². The number of halogens is 6. The van der Waals surface area contributed by atoms with Crippen molar-refractivity contribution < 1.29 is 50.9 Å². The maximum Gasteiger partial charge on any atom is 0.490 e. The van der Waals surface area contributed by atoms with Crippen LogP contribution in [0.2, 0.25) is 0 Å². The Morgan fingerprint density at radius 2 is 1.53 bits per heavy atom. The lowest BCUT2D eigenvalue weighted by molar-refractivity contribution is -0.193. The lowest BCUT2D eigenvalue weighted by atomic mass is 10.0. The fraction of sp³-hybridized carbons (Fsp3) is 0.727. The zero-order chi connectivity index (χ0) is 27.1. The highest BCUT2D eigenvalue weighted by molar-refractivity contribution is 7.11. The summed E-state index contributed by atoms with van der Waals surface area (Å²) < 4.78 is 69.6. The van der Waals surface area contributed by atoms with Crippen molar-refractivity contribution in [3.05, 3.63) is 21.9 Å². The molecule has 0 bridgehead atoms. The van der Waals surface area contributed by atoms with Crippen molar-refractivity contribution in [3.63, 3.8) is 0 Å². The Balaban J connectivity index is 0.000000271. The van der Waals surface area contributed by atoms with Crippen LogP contribution < -0.4 is 0 Å². The summed E-state index contributed by atoms with van der Waals surface area (Å²) in [6.45, 7) is 9.17. The smallest absolute Gasteiger partial charge is 0.475 e. The second-order valence-corrected chi connectivity index (χ2v) is 10.3. The van der Waals surface area contributed by atoms with Crippen LogP contribution in [-0.4, -0.2) is 89.2 Å². The Bertz CT molecular complexity index is 835. The number of thiophene rings is 1. The molecule has 3 fully saturated rings. The minimum Gasteiger partial charge on any atom is -0.475 e. The van der Waals surface area contributed by atoms with Gasteiger partial charge in [0.05, 0.1) is 12.7 Å². The molecule has 0 amide bonds. The van der Waals surface area contributed by atoms with Gasteiger partial charge in [-0.1, -0.05) is 0 Å². The molecule has 0 spiro atoms. The van der Waals surface area contributed by atoms with Gasteiger partial charge in [0.15, 0.2) is 0 Å². The maximum absolute atomic E-state index is 10.6. The molecule has 2 saturated heterocycles. The predicted octanol–water partition coefficient (Wildman–Crippen LogP) is 4.40. The number of fused-ring (bicyclic) bond motifs is 1. The van der Waals surface area contributed by atoms with E-state index in [0.29, 0.717) is 12.1 Å². The first-order valence-electron chi connectivity index (χ1n) is 11.4. The average Bonchev–Trinajstić information content (AvgIpc) is 3.52. The van der Waals surface area contributed by atoms with Crippen molar-refractivity contribution in [2.24, 2.45) is 5.92 Å². The number of hydrogen-bond donors (Lipinski definition) is 2. The first-order chi connectivity index (χ1) is 16.7. The Kier molecular flexibility index (Phi) is 11.0. The number of nitrogens with zero attached hydrogens (tertiary/aromatic N) is 2. The van der Waals surface area contributed by atoms with Gasteiger partial charge in [-0.25, -0.2) is 9.59 Å². The molecule has 2 unspecified atom stereocenters. The van der Waals surface area contributed by atoms with Gasteiger partial charge in [-0.05, 0) is 50.7 Å². The fourth-order valence-electron chi connectivity index (χ4n) is 4.02. The molecule has 2 aliphatic heterocycles. The summed E-state index contributed by atoms with van der Waals surface area (Å²) in [7, 11) is 0. The van der Waals surface area contributed by atoms with E-state index < -0.39 is 24.3 Å². The van der Waals surface area contributed by atoms with Crippen LogP contribution in [0.1, 0.15) is 35.4 Å². The molecule has 14 heteroatoms. The molecule has 4 rings (SSSR count). The number of morpholine rings is 1. The van der Waals surface area contributed by atoms with Gasteiger partial charge in [0, 0.05) is 48.5 Å². The van der Waals surface area contributed by atoms with Crippen LogP contribution in [0.15, 0.2) is 12.1 Å². The molecule has 36 heavy (non-hydrogen) atoms. The Labute approximate surface area is 208 Å². The third-order valence-corrected chi connectivity index (χ3v) is 6.92. The third kappa shape index (κ3) is 10.6. The number of aryl methyl sites for hydroxylation is 1. The first-order valence-corrected chi connectivity index (χ1v) is 12.2. The van der Waals surface area contributed by atoms with Crippen molar-refractivity contribution in [1.82, 2.24) is 9.80 Å². The topological polar surface area (TPSA) is 90.3 Å². The van der Waals surface area contributed by atoms with E-state index in [2.05, 4.69) is 28.9 Å². The van der Waals surface area contributed by atoms with E-state index in [4.69, 9.17) is 24.5 Å². The van der Waals surface area contributed by atoms with Gasteiger partial charge in [-0.3, -0.25) is 9.80 Å². The Morgan fingerprint density at radius 1 is 0.972 bits per heavy atom. The molecule has 2 N–H and O–H groups in total. The number of carbonyl (C=O) groups is 2. The molecule has 2 atom stereocenters. The molecule has 1 saturated carbocycles. The summed E-state index contributed by atoms with van der Waals surface area (Å²) in [5.41, 5.74) is 0. The molecule has 1 aromatic heterocycles. The minimum absolute atomic E-state index is 0.475. The zero-order valence-electron chi connectivity index (χ0n) is 19.6. The van der Waals surface area contributed by atoms with Gasteiger partial charge >= 0.3 is 24.3 Å². The molecule has 3 heterocycles. The summed E-state index contributed by atoms with van der Waals surface area (Å²) in [6, 6.07) is 5.22. The number of rotatable bonds is 4. The van der Waals surface area contributed by atoms with Crippen LogP contribution in [0, 0.1) is 12.8 Å². The Hall–Kier alpha value is -1.90. The summed E-state index contributed by atoms with van der Waals surface area (Å²) in [4.78, 5) is 26.1. The van der Waals surface area contributed by atoms with E-state index in [9.17, 15) is 26.3 Å². The van der Waals surface area contributed by atoms with Crippen LogP contribution in [0.5, 0.6) is 0 Å². The van der Waals surface area contributed by atoms with Gasteiger partial charge in [0.1, 0.15) is 0 Å². The highest BCUT2D eigenvalue weighted by Crippen LogP contribution is 2.33. The molecule has 7 nitrogen and oxygen atoms in total. The molecular weight excluding hydrogens is 518 g/mol. The molecule has 0 aromatic carbocycles. The van der Waals surface area contributed by atoms with Gasteiger partial charge in [-0.15, -0.1) is 11.3 Å². The summed E-state index contributed by atoms with van der Waals surface area (Å²) in [5, 5.41) is 14.2. The quantitative estimate of drug-likeness (QED) is 0.540. The van der Waals surface area contributed by atoms with Gasteiger partial charge < -0.3 is 14.9 Å². The summed E-state index contributed by atoms with van der Waals surface area (Å²) >= 11 is 1.95. The lowest BCUT2D eigenvalue weighted by Crippen LogP contribution is -2.51. The molecule has 1 aliphatic carbocycles. The second kappa shape index (κ2) is 13.1. The monoisotopic (exact) mass is 548 g/mol. The van der Waals surface area contributed by atoms with E-state index in [0.717, 1.165) is 25.6 Å². The van der Waals surface area contributed by atoms with E-state index in [1.807, 2.05) is 11.3 Å². The average molecular weight is 549 g/mol. The minimum atomic E-state index is -5.08. The number of ether oxygens (including phenoxy) is 1. The molecule has 1 aromatic rings. The SMILES string of the molecule is Cc1ccc(CN2CCC3OCCN(CC4CC4)C3CC2)s1.O=C(O)C(F)(F)F.O=C(O)C(F)(F)F. The highest BCUT2D eigenvalue weighted by atomic mass is 32.1.